The van der Waals surface area contributed by atoms with Crippen molar-refractivity contribution >= 4 is 11.9 Å². The second-order valence-corrected chi connectivity index (χ2v) is 6.26. The van der Waals surface area contributed by atoms with Gasteiger partial charge in [0.05, 0.1) is 17.4 Å². The molecule has 0 bridgehead atoms. The molecule has 2 aromatic heterocycles. The third kappa shape index (κ3) is 5.10. The summed E-state index contributed by atoms with van der Waals surface area (Å²) in [5, 5.41) is 17.9. The van der Waals surface area contributed by atoms with Crippen molar-refractivity contribution in [2.24, 2.45) is 0 Å². The van der Waals surface area contributed by atoms with Crippen LogP contribution in [0.2, 0.25) is 0 Å². The molecule has 1 aliphatic rings. The minimum atomic E-state index is -5.08. The molecular formula is C18H19F3N2O5. The highest BCUT2D eigenvalue weighted by Gasteiger charge is 2.38. The minimum absolute atomic E-state index is 0.0329. The van der Waals surface area contributed by atoms with Gasteiger partial charge in [-0.1, -0.05) is 6.07 Å². The summed E-state index contributed by atoms with van der Waals surface area (Å²) in [6.45, 7) is 2.83. The number of carbonyl (C=O) groups excluding carboxylic acids is 1. The van der Waals surface area contributed by atoms with Gasteiger partial charge in [0.25, 0.3) is 5.91 Å². The summed E-state index contributed by atoms with van der Waals surface area (Å²) in [5.41, 5.74) is 0.523. The third-order valence-electron chi connectivity index (χ3n) is 4.41. The zero-order chi connectivity index (χ0) is 20.9. The zero-order valence-corrected chi connectivity index (χ0v) is 14.9. The molecule has 28 heavy (non-hydrogen) atoms. The summed E-state index contributed by atoms with van der Waals surface area (Å²) >= 11 is 0. The molecule has 0 spiro atoms. The number of aliphatic hydroxyl groups is 1. The lowest BCUT2D eigenvalue weighted by atomic mass is 9.85. The molecule has 1 saturated heterocycles. The van der Waals surface area contributed by atoms with E-state index in [2.05, 4.69) is 4.98 Å². The summed E-state index contributed by atoms with van der Waals surface area (Å²) in [5.74, 6) is -2.16. The van der Waals surface area contributed by atoms with Crippen LogP contribution in [0.4, 0.5) is 13.2 Å². The first-order valence-corrected chi connectivity index (χ1v) is 8.31. The molecule has 1 amide bonds. The van der Waals surface area contributed by atoms with Crippen LogP contribution in [0.3, 0.4) is 0 Å². The highest BCUT2D eigenvalue weighted by Crippen LogP contribution is 2.32. The Balaban J connectivity index is 0.000000345. The third-order valence-corrected chi connectivity index (χ3v) is 4.41. The van der Waals surface area contributed by atoms with E-state index in [4.69, 9.17) is 14.3 Å². The van der Waals surface area contributed by atoms with Gasteiger partial charge in [-0.05, 0) is 31.9 Å². The molecule has 2 aromatic rings. The first-order chi connectivity index (χ1) is 13.0. The molecule has 1 fully saturated rings. The maximum absolute atomic E-state index is 12.4. The van der Waals surface area contributed by atoms with Crippen LogP contribution in [0.15, 0.2) is 41.3 Å². The van der Waals surface area contributed by atoms with Crippen LogP contribution in [0.25, 0.3) is 0 Å². The van der Waals surface area contributed by atoms with Gasteiger partial charge in [0.15, 0.2) is 0 Å². The second kappa shape index (κ2) is 8.42. The Morgan fingerprint density at radius 2 is 1.86 bits per heavy atom. The summed E-state index contributed by atoms with van der Waals surface area (Å²) in [7, 11) is 0. The van der Waals surface area contributed by atoms with Gasteiger partial charge in [-0.25, -0.2) is 4.79 Å². The molecule has 152 valence electrons. The van der Waals surface area contributed by atoms with Crippen LogP contribution in [0, 0.1) is 6.92 Å². The highest BCUT2D eigenvalue weighted by atomic mass is 19.4. The molecule has 0 unspecified atom stereocenters. The van der Waals surface area contributed by atoms with E-state index in [0.717, 1.165) is 5.56 Å². The van der Waals surface area contributed by atoms with Gasteiger partial charge in [-0.2, -0.15) is 13.2 Å². The molecule has 10 heteroatoms. The summed E-state index contributed by atoms with van der Waals surface area (Å²) < 4.78 is 36.9. The van der Waals surface area contributed by atoms with Crippen molar-refractivity contribution in [3.8, 4) is 0 Å². The Kier molecular flexibility index (Phi) is 6.45. The van der Waals surface area contributed by atoms with E-state index in [1.54, 1.807) is 30.3 Å². The Hall–Kier alpha value is -2.88. The number of hydrogen-bond donors (Lipinski definition) is 2. The number of furan rings is 1. The fourth-order valence-corrected chi connectivity index (χ4v) is 2.78. The molecule has 7 nitrogen and oxygen atoms in total. The number of likely N-dealkylation sites (tertiary alicyclic amines) is 1. The Labute approximate surface area is 158 Å². The van der Waals surface area contributed by atoms with Crippen molar-refractivity contribution in [1.29, 1.82) is 0 Å². The summed E-state index contributed by atoms with van der Waals surface area (Å²) in [6, 6.07) is 5.39. The van der Waals surface area contributed by atoms with Crippen LogP contribution in [0.5, 0.6) is 0 Å². The number of alkyl halides is 3. The van der Waals surface area contributed by atoms with Gasteiger partial charge in [0, 0.05) is 31.0 Å². The predicted octanol–water partition coefficient (Wildman–Crippen LogP) is 2.74. The van der Waals surface area contributed by atoms with Crippen LogP contribution < -0.4 is 0 Å². The number of carboxylic acid groups (broad SMARTS) is 1. The number of carboxylic acids is 1. The molecule has 0 radical (unpaired) electrons. The van der Waals surface area contributed by atoms with Gasteiger partial charge in [-0.3, -0.25) is 9.78 Å². The fourth-order valence-electron chi connectivity index (χ4n) is 2.78. The summed E-state index contributed by atoms with van der Waals surface area (Å²) in [6.07, 6.45) is 0.853. The number of aliphatic carboxylic acids is 1. The number of amides is 1. The van der Waals surface area contributed by atoms with Gasteiger partial charge in [-0.15, -0.1) is 0 Å². The van der Waals surface area contributed by atoms with Gasteiger partial charge in [0.2, 0.25) is 0 Å². The van der Waals surface area contributed by atoms with Crippen LogP contribution >= 0.6 is 0 Å². The molecular weight excluding hydrogens is 381 g/mol. The minimum Gasteiger partial charge on any atom is -0.475 e. The zero-order valence-electron chi connectivity index (χ0n) is 14.9. The summed E-state index contributed by atoms with van der Waals surface area (Å²) in [4.78, 5) is 27.1. The van der Waals surface area contributed by atoms with Gasteiger partial charge >= 0.3 is 12.1 Å². The Morgan fingerprint density at radius 3 is 2.29 bits per heavy atom. The lowest BCUT2D eigenvalue weighted by Gasteiger charge is -2.38. The van der Waals surface area contributed by atoms with E-state index >= 15 is 0 Å². The number of carbonyl (C=O) groups is 2. The van der Waals surface area contributed by atoms with Crippen molar-refractivity contribution in [2.75, 3.05) is 13.1 Å². The monoisotopic (exact) mass is 400 g/mol. The van der Waals surface area contributed by atoms with E-state index in [1.165, 1.54) is 6.26 Å². The quantitative estimate of drug-likeness (QED) is 0.803. The average molecular weight is 400 g/mol. The molecule has 2 N–H and O–H groups in total. The molecule has 0 aliphatic carbocycles. The largest absolute Gasteiger partial charge is 0.490 e. The number of piperidine rings is 1. The molecule has 0 atom stereocenters. The van der Waals surface area contributed by atoms with Gasteiger partial charge in [0.1, 0.15) is 5.76 Å². The number of halogens is 3. The van der Waals surface area contributed by atoms with Crippen molar-refractivity contribution < 1.29 is 37.4 Å². The smallest absolute Gasteiger partial charge is 0.475 e. The van der Waals surface area contributed by atoms with Crippen molar-refractivity contribution in [1.82, 2.24) is 9.88 Å². The molecule has 0 saturated carbocycles. The number of pyridine rings is 1. The fraction of sp³-hybridized carbons (Fsp3) is 0.389. The standard InChI is InChI=1S/C16H18N2O3.C2HF3O2/c1-12-14(4-10-21-12)15(19)18-8-5-16(20,6-9-18)13-3-2-7-17-11-13;3-2(4,5)1(6)7/h2-4,7,10-11,20H,5-6,8-9H2,1H3;(H,6,7). The van der Waals surface area contributed by atoms with E-state index in [0.29, 0.717) is 37.3 Å². The van der Waals surface area contributed by atoms with E-state index < -0.39 is 17.7 Å². The molecule has 1 aliphatic heterocycles. The van der Waals surface area contributed by atoms with Crippen molar-refractivity contribution in [3.05, 3.63) is 53.7 Å². The second-order valence-electron chi connectivity index (χ2n) is 6.26. The number of aryl methyl sites for hydroxylation is 1. The molecule has 3 rings (SSSR count). The molecule has 3 heterocycles. The number of hydrogen-bond acceptors (Lipinski definition) is 5. The lowest BCUT2D eigenvalue weighted by molar-refractivity contribution is -0.192. The number of nitrogens with zero attached hydrogens (tertiary/aromatic N) is 2. The number of rotatable bonds is 2. The SMILES string of the molecule is Cc1occc1C(=O)N1CCC(O)(c2cccnc2)CC1.O=C(O)C(F)(F)F. The first-order valence-electron chi connectivity index (χ1n) is 8.31. The van der Waals surface area contributed by atoms with Crippen molar-refractivity contribution in [2.45, 2.75) is 31.5 Å². The maximum Gasteiger partial charge on any atom is 0.490 e. The highest BCUT2D eigenvalue weighted by molar-refractivity contribution is 5.95. The lowest BCUT2D eigenvalue weighted by Crippen LogP contribution is -2.45. The Bertz CT molecular complexity index is 812. The maximum atomic E-state index is 12.4. The van der Waals surface area contributed by atoms with E-state index in [-0.39, 0.29) is 5.91 Å². The normalized spacial score (nSPS) is 16.1. The topological polar surface area (TPSA) is 104 Å². The van der Waals surface area contributed by atoms with Crippen LogP contribution in [-0.2, 0) is 10.4 Å². The van der Waals surface area contributed by atoms with Crippen LogP contribution in [-0.4, -0.2) is 51.2 Å². The first kappa shape index (κ1) is 21.4. The number of aromatic nitrogens is 1. The van der Waals surface area contributed by atoms with Crippen molar-refractivity contribution in [3.63, 3.8) is 0 Å². The van der Waals surface area contributed by atoms with E-state index in [1.807, 2.05) is 12.1 Å². The average Bonchev–Trinajstić information content (AvgIpc) is 3.08. The Morgan fingerprint density at radius 1 is 1.25 bits per heavy atom. The predicted molar refractivity (Wildman–Crippen MR) is 90.4 cm³/mol. The van der Waals surface area contributed by atoms with Gasteiger partial charge < -0.3 is 19.5 Å². The van der Waals surface area contributed by atoms with Crippen LogP contribution in [0.1, 0.15) is 34.5 Å². The molecule has 0 aromatic carbocycles. The van der Waals surface area contributed by atoms with E-state index in [9.17, 15) is 23.1 Å².